The first-order chi connectivity index (χ1) is 6.65. The van der Waals surface area contributed by atoms with Gasteiger partial charge in [-0.2, -0.15) is 0 Å². The second-order valence-electron chi connectivity index (χ2n) is 2.61. The molecular weight excluding hydrogens is 314 g/mol. The Morgan fingerprint density at radius 3 is 2.86 bits per heavy atom. The molecule has 1 aromatic rings. The topological polar surface area (TPSA) is 49.3 Å². The molecule has 5 heteroatoms. The fourth-order valence-corrected chi connectivity index (χ4v) is 1.51. The number of hydrogen-bond acceptors (Lipinski definition) is 2. The number of halogens is 2. The first-order valence-electron chi connectivity index (χ1n) is 3.98. The number of carbonyl (C=O) groups excluding carboxylic acids is 1. The summed E-state index contributed by atoms with van der Waals surface area (Å²) in [7, 11) is 0. The van der Waals surface area contributed by atoms with Gasteiger partial charge in [0.25, 0.3) is 5.91 Å². The zero-order valence-electron chi connectivity index (χ0n) is 7.26. The number of alkyl halides is 1. The van der Waals surface area contributed by atoms with Crippen molar-refractivity contribution in [2.24, 2.45) is 0 Å². The van der Waals surface area contributed by atoms with Crippen LogP contribution in [-0.4, -0.2) is 22.9 Å². The first-order valence-corrected chi connectivity index (χ1v) is 5.89. The van der Waals surface area contributed by atoms with Gasteiger partial charge in [0.05, 0.1) is 5.56 Å². The highest BCUT2D eigenvalue weighted by molar-refractivity contribution is 9.10. The van der Waals surface area contributed by atoms with Crippen LogP contribution in [0, 0.1) is 0 Å². The van der Waals surface area contributed by atoms with E-state index in [4.69, 9.17) is 0 Å². The van der Waals surface area contributed by atoms with Gasteiger partial charge in [0.2, 0.25) is 0 Å². The summed E-state index contributed by atoms with van der Waals surface area (Å²) in [5, 5.41) is 12.7. The Morgan fingerprint density at radius 1 is 1.50 bits per heavy atom. The average Bonchev–Trinajstić information content (AvgIpc) is 2.18. The molecule has 0 unspecified atom stereocenters. The van der Waals surface area contributed by atoms with Gasteiger partial charge in [-0.05, 0) is 18.2 Å². The molecule has 14 heavy (non-hydrogen) atoms. The molecule has 0 saturated carbocycles. The maximum absolute atomic E-state index is 11.5. The minimum Gasteiger partial charge on any atom is -0.507 e. The molecule has 0 aliphatic carbocycles. The summed E-state index contributed by atoms with van der Waals surface area (Å²) in [5.74, 6) is -0.288. The van der Waals surface area contributed by atoms with Crippen LogP contribution in [0.1, 0.15) is 10.4 Å². The Morgan fingerprint density at radius 2 is 2.21 bits per heavy atom. The molecule has 76 valence electrons. The molecule has 0 atom stereocenters. The third kappa shape index (κ3) is 2.99. The maximum atomic E-state index is 11.5. The van der Waals surface area contributed by atoms with Gasteiger partial charge in [0.15, 0.2) is 0 Å². The van der Waals surface area contributed by atoms with Crippen molar-refractivity contribution in [3.05, 3.63) is 28.2 Å². The molecule has 3 nitrogen and oxygen atoms in total. The fraction of sp³-hybridized carbons (Fsp3) is 0.222. The summed E-state index contributed by atoms with van der Waals surface area (Å²) < 4.78 is 0.763. The Balaban J connectivity index is 2.83. The smallest absolute Gasteiger partial charge is 0.255 e. The molecule has 0 saturated heterocycles. The van der Waals surface area contributed by atoms with Crippen LogP contribution in [0.5, 0.6) is 5.75 Å². The number of benzene rings is 1. The van der Waals surface area contributed by atoms with Gasteiger partial charge in [0, 0.05) is 16.3 Å². The first kappa shape index (κ1) is 11.5. The molecule has 0 radical (unpaired) electrons. The standard InChI is InChI=1S/C9H9Br2NO2/c10-3-4-12-9(14)7-5-6(11)1-2-8(7)13/h1-2,5,13H,3-4H2,(H,12,14). The Hall–Kier alpha value is -0.550. The van der Waals surface area contributed by atoms with Crippen molar-refractivity contribution >= 4 is 37.8 Å². The zero-order valence-corrected chi connectivity index (χ0v) is 10.4. The molecule has 0 aliphatic heterocycles. The number of nitrogens with one attached hydrogen (secondary N) is 1. The van der Waals surface area contributed by atoms with Crippen molar-refractivity contribution in [1.29, 1.82) is 0 Å². The highest BCUT2D eigenvalue weighted by Crippen LogP contribution is 2.21. The van der Waals surface area contributed by atoms with E-state index >= 15 is 0 Å². The number of phenolic OH excluding ortho intramolecular Hbond substituents is 1. The lowest BCUT2D eigenvalue weighted by atomic mass is 10.2. The van der Waals surface area contributed by atoms with Gasteiger partial charge in [0.1, 0.15) is 5.75 Å². The number of phenols is 1. The quantitative estimate of drug-likeness (QED) is 0.839. The second-order valence-corrected chi connectivity index (χ2v) is 4.32. The monoisotopic (exact) mass is 321 g/mol. The Kier molecular flexibility index (Phi) is 4.41. The van der Waals surface area contributed by atoms with Crippen molar-refractivity contribution in [2.75, 3.05) is 11.9 Å². The van der Waals surface area contributed by atoms with Crippen molar-refractivity contribution < 1.29 is 9.90 Å². The summed E-state index contributed by atoms with van der Waals surface area (Å²) in [6.07, 6.45) is 0. The van der Waals surface area contributed by atoms with Crippen LogP contribution in [0.3, 0.4) is 0 Å². The Bertz CT molecular complexity index is 342. The van der Waals surface area contributed by atoms with Crippen LogP contribution in [0.25, 0.3) is 0 Å². The molecule has 1 aromatic carbocycles. The van der Waals surface area contributed by atoms with E-state index in [-0.39, 0.29) is 17.2 Å². The Labute approximate surface area is 98.8 Å². The lowest BCUT2D eigenvalue weighted by Gasteiger charge is -2.05. The minimum absolute atomic E-state index is 0.0136. The van der Waals surface area contributed by atoms with E-state index in [1.54, 1.807) is 12.1 Å². The number of rotatable bonds is 3. The summed E-state index contributed by atoms with van der Waals surface area (Å²) >= 11 is 6.43. The van der Waals surface area contributed by atoms with Crippen LogP contribution in [0.4, 0.5) is 0 Å². The van der Waals surface area contributed by atoms with Crippen molar-refractivity contribution in [3.8, 4) is 5.75 Å². The maximum Gasteiger partial charge on any atom is 0.255 e. The van der Waals surface area contributed by atoms with Crippen LogP contribution in [0.2, 0.25) is 0 Å². The number of hydrogen-bond donors (Lipinski definition) is 2. The molecule has 0 aliphatic rings. The van der Waals surface area contributed by atoms with Gasteiger partial charge >= 0.3 is 0 Å². The highest BCUT2D eigenvalue weighted by Gasteiger charge is 2.10. The van der Waals surface area contributed by atoms with Gasteiger partial charge in [-0.3, -0.25) is 4.79 Å². The minimum atomic E-state index is -0.275. The summed E-state index contributed by atoms with van der Waals surface area (Å²) in [5.41, 5.74) is 0.278. The normalized spacial score (nSPS) is 9.86. The SMILES string of the molecule is O=C(NCCBr)c1cc(Br)ccc1O. The number of aromatic hydroxyl groups is 1. The molecule has 1 rings (SSSR count). The van der Waals surface area contributed by atoms with Crippen molar-refractivity contribution in [3.63, 3.8) is 0 Å². The van der Waals surface area contributed by atoms with Crippen LogP contribution < -0.4 is 5.32 Å². The number of carbonyl (C=O) groups is 1. The van der Waals surface area contributed by atoms with Crippen molar-refractivity contribution in [2.45, 2.75) is 0 Å². The third-order valence-electron chi connectivity index (χ3n) is 1.58. The largest absolute Gasteiger partial charge is 0.507 e. The summed E-state index contributed by atoms with van der Waals surface area (Å²) in [6, 6.07) is 4.74. The molecular formula is C9H9Br2NO2. The van der Waals surface area contributed by atoms with Gasteiger partial charge in [-0.25, -0.2) is 0 Å². The summed E-state index contributed by atoms with van der Waals surface area (Å²) in [6.45, 7) is 0.533. The van der Waals surface area contributed by atoms with E-state index in [0.29, 0.717) is 11.9 Å². The lowest BCUT2D eigenvalue weighted by Crippen LogP contribution is -2.25. The van der Waals surface area contributed by atoms with E-state index in [2.05, 4.69) is 37.2 Å². The second kappa shape index (κ2) is 5.36. The van der Waals surface area contributed by atoms with Crippen LogP contribution >= 0.6 is 31.9 Å². The van der Waals surface area contributed by atoms with E-state index in [1.165, 1.54) is 6.07 Å². The predicted molar refractivity (Wildman–Crippen MR) is 61.9 cm³/mol. The van der Waals surface area contributed by atoms with Crippen LogP contribution in [-0.2, 0) is 0 Å². The van der Waals surface area contributed by atoms with Gasteiger partial charge < -0.3 is 10.4 Å². The molecule has 1 amide bonds. The average molecular weight is 323 g/mol. The van der Waals surface area contributed by atoms with E-state index in [1.807, 2.05) is 0 Å². The molecule has 2 N–H and O–H groups in total. The summed E-state index contributed by atoms with van der Waals surface area (Å²) in [4.78, 5) is 11.5. The van der Waals surface area contributed by atoms with Crippen LogP contribution in [0.15, 0.2) is 22.7 Å². The predicted octanol–water partition coefficient (Wildman–Crippen LogP) is 2.28. The molecule has 0 spiro atoms. The lowest BCUT2D eigenvalue weighted by molar-refractivity contribution is 0.0953. The highest BCUT2D eigenvalue weighted by atomic mass is 79.9. The van der Waals surface area contributed by atoms with E-state index in [0.717, 1.165) is 4.47 Å². The molecule has 0 bridgehead atoms. The number of amides is 1. The zero-order chi connectivity index (χ0) is 10.6. The molecule has 0 fully saturated rings. The molecule has 0 heterocycles. The molecule has 0 aromatic heterocycles. The van der Waals surface area contributed by atoms with Crippen molar-refractivity contribution in [1.82, 2.24) is 5.32 Å². The van der Waals surface area contributed by atoms with Gasteiger partial charge in [-0.15, -0.1) is 0 Å². The third-order valence-corrected chi connectivity index (χ3v) is 2.47. The van der Waals surface area contributed by atoms with E-state index < -0.39 is 0 Å². The van der Waals surface area contributed by atoms with E-state index in [9.17, 15) is 9.90 Å². The van der Waals surface area contributed by atoms with Gasteiger partial charge in [-0.1, -0.05) is 31.9 Å². The fourth-order valence-electron chi connectivity index (χ4n) is 0.946.